The monoisotopic (exact) mass is 252 g/mol. The van der Waals surface area contributed by atoms with E-state index < -0.39 is 0 Å². The molecule has 2 N–H and O–H groups in total. The van der Waals surface area contributed by atoms with E-state index in [1.807, 2.05) is 26.0 Å². The average Bonchev–Trinajstić information content (AvgIpc) is 3.05. The van der Waals surface area contributed by atoms with Crippen molar-refractivity contribution < 1.29 is 4.79 Å². The Morgan fingerprint density at radius 1 is 1.47 bits per heavy atom. The summed E-state index contributed by atoms with van der Waals surface area (Å²) in [5.41, 5.74) is 1.77. The van der Waals surface area contributed by atoms with E-state index in [1.165, 1.54) is 12.8 Å². The van der Waals surface area contributed by atoms with Crippen molar-refractivity contribution in [2.45, 2.75) is 32.7 Å². The van der Waals surface area contributed by atoms with Crippen LogP contribution < -0.4 is 10.6 Å². The third-order valence-electron chi connectivity index (χ3n) is 3.12. The Bertz CT molecular complexity index is 429. The van der Waals surface area contributed by atoms with Crippen LogP contribution in [0.5, 0.6) is 0 Å². The normalized spacial score (nSPS) is 16.4. The molecule has 0 spiro atoms. The molecular formula is C13H17ClN2O. The van der Waals surface area contributed by atoms with Gasteiger partial charge >= 0.3 is 6.03 Å². The van der Waals surface area contributed by atoms with Gasteiger partial charge in [-0.25, -0.2) is 4.79 Å². The van der Waals surface area contributed by atoms with Crippen molar-refractivity contribution in [1.82, 2.24) is 5.32 Å². The van der Waals surface area contributed by atoms with Gasteiger partial charge in [-0.1, -0.05) is 11.6 Å². The molecule has 4 heteroatoms. The van der Waals surface area contributed by atoms with Gasteiger partial charge in [-0.15, -0.1) is 0 Å². The molecular weight excluding hydrogens is 236 g/mol. The van der Waals surface area contributed by atoms with Crippen LogP contribution in [0.2, 0.25) is 5.02 Å². The SMILES string of the molecule is Cc1cc(Cl)ccc1NC(=O)NC(C)C1CC1. The van der Waals surface area contributed by atoms with Gasteiger partial charge in [0.15, 0.2) is 0 Å². The second kappa shape index (κ2) is 4.96. The van der Waals surface area contributed by atoms with Crippen molar-refractivity contribution >= 4 is 23.3 Å². The topological polar surface area (TPSA) is 41.1 Å². The number of halogens is 1. The first-order chi connectivity index (χ1) is 8.06. The summed E-state index contributed by atoms with van der Waals surface area (Å²) in [6.07, 6.45) is 2.45. The Kier molecular flexibility index (Phi) is 3.57. The standard InChI is InChI=1S/C13H17ClN2O/c1-8-7-11(14)5-6-12(8)16-13(17)15-9(2)10-3-4-10/h5-7,9-10H,3-4H2,1-2H3,(H2,15,16,17). The predicted octanol–water partition coefficient (Wildman–Crippen LogP) is 3.57. The van der Waals surface area contributed by atoms with E-state index in [0.29, 0.717) is 10.9 Å². The van der Waals surface area contributed by atoms with E-state index in [2.05, 4.69) is 10.6 Å². The summed E-state index contributed by atoms with van der Waals surface area (Å²) in [6, 6.07) is 5.53. The molecule has 1 atom stereocenters. The van der Waals surface area contributed by atoms with Crippen LogP contribution in [0.4, 0.5) is 10.5 Å². The highest BCUT2D eigenvalue weighted by Crippen LogP contribution is 2.32. The molecule has 0 heterocycles. The van der Waals surface area contributed by atoms with Gasteiger partial charge in [0.2, 0.25) is 0 Å². The third-order valence-corrected chi connectivity index (χ3v) is 3.36. The van der Waals surface area contributed by atoms with E-state index in [9.17, 15) is 4.79 Å². The summed E-state index contributed by atoms with van der Waals surface area (Å²) >= 11 is 5.86. The maximum absolute atomic E-state index is 11.7. The van der Waals surface area contributed by atoms with Gasteiger partial charge in [0, 0.05) is 16.8 Å². The van der Waals surface area contributed by atoms with Crippen molar-refractivity contribution in [1.29, 1.82) is 0 Å². The lowest BCUT2D eigenvalue weighted by atomic mass is 10.2. The molecule has 1 fully saturated rings. The first-order valence-corrected chi connectivity index (χ1v) is 6.27. The number of anilines is 1. The van der Waals surface area contributed by atoms with Crippen LogP contribution >= 0.6 is 11.6 Å². The highest BCUT2D eigenvalue weighted by atomic mass is 35.5. The van der Waals surface area contributed by atoms with Gasteiger partial charge in [0.1, 0.15) is 0 Å². The Labute approximate surface area is 107 Å². The zero-order valence-electron chi connectivity index (χ0n) is 10.1. The van der Waals surface area contributed by atoms with E-state index >= 15 is 0 Å². The van der Waals surface area contributed by atoms with E-state index in [-0.39, 0.29) is 12.1 Å². The number of nitrogens with one attached hydrogen (secondary N) is 2. The highest BCUT2D eigenvalue weighted by molar-refractivity contribution is 6.30. The molecule has 17 heavy (non-hydrogen) atoms. The lowest BCUT2D eigenvalue weighted by Crippen LogP contribution is -2.37. The van der Waals surface area contributed by atoms with Crippen LogP contribution in [0.25, 0.3) is 0 Å². The fourth-order valence-corrected chi connectivity index (χ4v) is 2.07. The van der Waals surface area contributed by atoms with Crippen molar-refractivity contribution in [2.24, 2.45) is 5.92 Å². The molecule has 92 valence electrons. The maximum atomic E-state index is 11.7. The number of urea groups is 1. The quantitative estimate of drug-likeness (QED) is 0.848. The Morgan fingerprint density at radius 3 is 2.76 bits per heavy atom. The largest absolute Gasteiger partial charge is 0.335 e. The molecule has 1 aliphatic carbocycles. The van der Waals surface area contributed by atoms with Crippen molar-refractivity contribution in [3.8, 4) is 0 Å². The van der Waals surface area contributed by atoms with Gasteiger partial charge in [0.05, 0.1) is 0 Å². The predicted molar refractivity (Wildman–Crippen MR) is 70.5 cm³/mol. The first-order valence-electron chi connectivity index (χ1n) is 5.90. The van der Waals surface area contributed by atoms with Crippen LogP contribution in [0.3, 0.4) is 0 Å². The zero-order chi connectivity index (χ0) is 12.4. The summed E-state index contributed by atoms with van der Waals surface area (Å²) < 4.78 is 0. The lowest BCUT2D eigenvalue weighted by molar-refractivity contribution is 0.248. The Balaban J connectivity index is 1.92. The zero-order valence-corrected chi connectivity index (χ0v) is 10.8. The summed E-state index contributed by atoms with van der Waals surface area (Å²) in [5, 5.41) is 6.47. The Hall–Kier alpha value is -1.22. The molecule has 0 saturated heterocycles. The molecule has 1 unspecified atom stereocenters. The second-order valence-electron chi connectivity index (χ2n) is 4.68. The number of rotatable bonds is 3. The van der Waals surface area contributed by atoms with Crippen molar-refractivity contribution in [3.05, 3.63) is 28.8 Å². The molecule has 2 rings (SSSR count). The number of hydrogen-bond acceptors (Lipinski definition) is 1. The fraction of sp³-hybridized carbons (Fsp3) is 0.462. The van der Waals surface area contributed by atoms with Gasteiger partial charge in [-0.2, -0.15) is 0 Å². The third kappa shape index (κ3) is 3.37. The lowest BCUT2D eigenvalue weighted by Gasteiger charge is -2.14. The number of benzene rings is 1. The van der Waals surface area contributed by atoms with Crippen molar-refractivity contribution in [2.75, 3.05) is 5.32 Å². The highest BCUT2D eigenvalue weighted by Gasteiger charge is 2.28. The molecule has 1 aliphatic rings. The molecule has 0 aliphatic heterocycles. The minimum absolute atomic E-state index is 0.144. The van der Waals surface area contributed by atoms with Crippen LogP contribution in [0.15, 0.2) is 18.2 Å². The minimum Gasteiger partial charge on any atom is -0.335 e. The molecule has 0 aromatic heterocycles. The van der Waals surface area contributed by atoms with Crippen LogP contribution in [-0.4, -0.2) is 12.1 Å². The number of amides is 2. The summed E-state index contributed by atoms with van der Waals surface area (Å²) in [6.45, 7) is 3.97. The van der Waals surface area contributed by atoms with Gasteiger partial charge in [-0.05, 0) is 56.4 Å². The van der Waals surface area contributed by atoms with Crippen LogP contribution in [0.1, 0.15) is 25.3 Å². The minimum atomic E-state index is -0.144. The molecule has 3 nitrogen and oxygen atoms in total. The van der Waals surface area contributed by atoms with E-state index in [4.69, 9.17) is 11.6 Å². The van der Waals surface area contributed by atoms with E-state index in [1.54, 1.807) is 6.07 Å². The van der Waals surface area contributed by atoms with Gasteiger partial charge in [-0.3, -0.25) is 0 Å². The average molecular weight is 253 g/mol. The number of carbonyl (C=O) groups is 1. The number of aryl methyl sites for hydroxylation is 1. The van der Waals surface area contributed by atoms with Gasteiger partial charge in [0.25, 0.3) is 0 Å². The van der Waals surface area contributed by atoms with Crippen LogP contribution in [0, 0.1) is 12.8 Å². The van der Waals surface area contributed by atoms with Crippen LogP contribution in [-0.2, 0) is 0 Å². The number of hydrogen-bond donors (Lipinski definition) is 2. The first kappa shape index (κ1) is 12.2. The molecule has 0 bridgehead atoms. The summed E-state index contributed by atoms with van der Waals surface area (Å²) in [7, 11) is 0. The number of carbonyl (C=O) groups excluding carboxylic acids is 1. The smallest absolute Gasteiger partial charge is 0.319 e. The molecule has 1 aromatic rings. The molecule has 1 saturated carbocycles. The van der Waals surface area contributed by atoms with E-state index in [0.717, 1.165) is 11.3 Å². The maximum Gasteiger partial charge on any atom is 0.319 e. The Morgan fingerprint density at radius 2 is 2.18 bits per heavy atom. The summed E-state index contributed by atoms with van der Waals surface area (Å²) in [5.74, 6) is 0.659. The van der Waals surface area contributed by atoms with Crippen molar-refractivity contribution in [3.63, 3.8) is 0 Å². The fourth-order valence-electron chi connectivity index (χ4n) is 1.85. The molecule has 1 aromatic carbocycles. The van der Waals surface area contributed by atoms with Gasteiger partial charge < -0.3 is 10.6 Å². The second-order valence-corrected chi connectivity index (χ2v) is 5.12. The molecule has 2 amide bonds. The summed E-state index contributed by atoms with van der Waals surface area (Å²) in [4.78, 5) is 11.7. The molecule has 0 radical (unpaired) electrons.